The van der Waals surface area contributed by atoms with Crippen LogP contribution in [-0.2, 0) is 9.47 Å². The lowest BCUT2D eigenvalue weighted by Crippen LogP contribution is -2.41. The van der Waals surface area contributed by atoms with E-state index in [1.807, 2.05) is 0 Å². The van der Waals surface area contributed by atoms with Crippen LogP contribution in [0.3, 0.4) is 0 Å². The SMILES string of the molecule is CCCC(CN)OC1COC1. The number of ether oxygens (including phenoxy) is 2. The standard InChI is InChI=1S/C8H17NO2/c1-2-3-7(4-9)11-8-5-10-6-8/h7-8H,2-6,9H2,1H3. The highest BCUT2D eigenvalue weighted by atomic mass is 16.6. The van der Waals surface area contributed by atoms with Gasteiger partial charge in [0.25, 0.3) is 0 Å². The van der Waals surface area contributed by atoms with Gasteiger partial charge in [-0.05, 0) is 6.42 Å². The molecule has 0 amide bonds. The molecule has 0 aliphatic carbocycles. The van der Waals surface area contributed by atoms with Crippen molar-refractivity contribution < 1.29 is 9.47 Å². The molecule has 0 bridgehead atoms. The summed E-state index contributed by atoms with van der Waals surface area (Å²) in [6.45, 7) is 4.27. The van der Waals surface area contributed by atoms with Gasteiger partial charge in [0.1, 0.15) is 6.10 Å². The van der Waals surface area contributed by atoms with E-state index in [4.69, 9.17) is 15.2 Å². The van der Waals surface area contributed by atoms with Crippen molar-refractivity contribution in [2.75, 3.05) is 19.8 Å². The molecule has 0 aromatic carbocycles. The highest BCUT2D eigenvalue weighted by Crippen LogP contribution is 2.10. The Bertz CT molecular complexity index is 104. The van der Waals surface area contributed by atoms with E-state index >= 15 is 0 Å². The van der Waals surface area contributed by atoms with Crippen molar-refractivity contribution in [2.24, 2.45) is 5.73 Å². The fraction of sp³-hybridized carbons (Fsp3) is 1.00. The van der Waals surface area contributed by atoms with E-state index < -0.39 is 0 Å². The van der Waals surface area contributed by atoms with E-state index in [1.54, 1.807) is 0 Å². The van der Waals surface area contributed by atoms with Gasteiger partial charge in [-0.3, -0.25) is 0 Å². The van der Waals surface area contributed by atoms with Crippen molar-refractivity contribution in [3.05, 3.63) is 0 Å². The minimum Gasteiger partial charge on any atom is -0.376 e. The fourth-order valence-corrected chi connectivity index (χ4v) is 1.13. The van der Waals surface area contributed by atoms with Crippen LogP contribution >= 0.6 is 0 Å². The maximum Gasteiger partial charge on any atom is 0.105 e. The predicted octanol–water partition coefficient (Wildman–Crippen LogP) is 0.529. The van der Waals surface area contributed by atoms with Crippen molar-refractivity contribution >= 4 is 0 Å². The van der Waals surface area contributed by atoms with Gasteiger partial charge in [-0.1, -0.05) is 13.3 Å². The molecule has 0 aromatic rings. The Balaban J connectivity index is 2.08. The molecule has 66 valence electrons. The molecule has 0 radical (unpaired) electrons. The first-order chi connectivity index (χ1) is 5.36. The van der Waals surface area contributed by atoms with Gasteiger partial charge in [-0.25, -0.2) is 0 Å². The zero-order chi connectivity index (χ0) is 8.10. The third-order valence-corrected chi connectivity index (χ3v) is 1.87. The van der Waals surface area contributed by atoms with Crippen LogP contribution in [-0.4, -0.2) is 32.0 Å². The second-order valence-electron chi connectivity index (χ2n) is 2.94. The van der Waals surface area contributed by atoms with Gasteiger partial charge < -0.3 is 15.2 Å². The Kier molecular flexibility index (Phi) is 3.83. The molecule has 0 saturated carbocycles. The molecule has 2 N–H and O–H groups in total. The molecule has 1 rings (SSSR count). The Hall–Kier alpha value is -0.120. The molecule has 1 atom stereocenters. The molecule has 0 spiro atoms. The average Bonchev–Trinajstić information content (AvgIpc) is 1.94. The van der Waals surface area contributed by atoms with Gasteiger partial charge >= 0.3 is 0 Å². The van der Waals surface area contributed by atoms with Crippen LogP contribution in [0.2, 0.25) is 0 Å². The summed E-state index contributed by atoms with van der Waals surface area (Å²) in [5.41, 5.74) is 5.52. The van der Waals surface area contributed by atoms with Gasteiger partial charge in [0.05, 0.1) is 19.3 Å². The topological polar surface area (TPSA) is 44.5 Å². The number of hydrogen-bond donors (Lipinski definition) is 1. The zero-order valence-electron chi connectivity index (χ0n) is 7.08. The molecule has 1 fully saturated rings. The van der Waals surface area contributed by atoms with Gasteiger partial charge in [0, 0.05) is 6.54 Å². The quantitative estimate of drug-likeness (QED) is 0.636. The molecule has 1 aliphatic rings. The first-order valence-electron chi connectivity index (χ1n) is 4.30. The molecule has 1 heterocycles. The normalized spacial score (nSPS) is 21.3. The Labute approximate surface area is 67.9 Å². The lowest BCUT2D eigenvalue weighted by molar-refractivity contribution is -0.153. The number of hydrogen-bond acceptors (Lipinski definition) is 3. The molecule has 1 aliphatic heterocycles. The number of rotatable bonds is 5. The van der Waals surface area contributed by atoms with Crippen LogP contribution in [0.1, 0.15) is 19.8 Å². The summed E-state index contributed by atoms with van der Waals surface area (Å²) < 4.78 is 10.6. The number of nitrogens with two attached hydrogens (primary N) is 1. The van der Waals surface area contributed by atoms with Gasteiger partial charge in [0.2, 0.25) is 0 Å². The van der Waals surface area contributed by atoms with E-state index in [9.17, 15) is 0 Å². The highest BCUT2D eigenvalue weighted by molar-refractivity contribution is 4.68. The molecular weight excluding hydrogens is 142 g/mol. The summed E-state index contributed by atoms with van der Waals surface area (Å²) in [7, 11) is 0. The van der Waals surface area contributed by atoms with Crippen molar-refractivity contribution in [3.63, 3.8) is 0 Å². The van der Waals surface area contributed by atoms with Gasteiger partial charge in [0.15, 0.2) is 0 Å². The summed E-state index contributed by atoms with van der Waals surface area (Å²) in [6.07, 6.45) is 2.76. The van der Waals surface area contributed by atoms with Gasteiger partial charge in [-0.2, -0.15) is 0 Å². The first kappa shape index (κ1) is 8.97. The minimum absolute atomic E-state index is 0.244. The monoisotopic (exact) mass is 159 g/mol. The van der Waals surface area contributed by atoms with E-state index in [0.29, 0.717) is 12.6 Å². The predicted molar refractivity (Wildman–Crippen MR) is 43.4 cm³/mol. The third-order valence-electron chi connectivity index (χ3n) is 1.87. The average molecular weight is 159 g/mol. The fourth-order valence-electron chi connectivity index (χ4n) is 1.13. The lowest BCUT2D eigenvalue weighted by atomic mass is 10.2. The minimum atomic E-state index is 0.244. The van der Waals surface area contributed by atoms with E-state index in [0.717, 1.165) is 26.1 Å². The summed E-state index contributed by atoms with van der Waals surface area (Å²) >= 11 is 0. The Morgan fingerprint density at radius 3 is 2.73 bits per heavy atom. The van der Waals surface area contributed by atoms with E-state index in [1.165, 1.54) is 0 Å². The summed E-state index contributed by atoms with van der Waals surface area (Å²) in [5, 5.41) is 0. The Morgan fingerprint density at radius 1 is 1.64 bits per heavy atom. The van der Waals surface area contributed by atoms with Crippen LogP contribution in [0.25, 0.3) is 0 Å². The molecule has 1 unspecified atom stereocenters. The molecule has 3 heteroatoms. The zero-order valence-corrected chi connectivity index (χ0v) is 7.08. The van der Waals surface area contributed by atoms with Crippen LogP contribution in [0.15, 0.2) is 0 Å². The maximum atomic E-state index is 5.63. The van der Waals surface area contributed by atoms with Crippen molar-refractivity contribution in [1.29, 1.82) is 0 Å². The molecule has 11 heavy (non-hydrogen) atoms. The first-order valence-corrected chi connectivity index (χ1v) is 4.30. The van der Waals surface area contributed by atoms with Gasteiger partial charge in [-0.15, -0.1) is 0 Å². The van der Waals surface area contributed by atoms with Crippen molar-refractivity contribution in [3.8, 4) is 0 Å². The summed E-state index contributed by atoms with van der Waals surface area (Å²) in [6, 6.07) is 0. The third kappa shape index (κ3) is 2.77. The molecular formula is C8H17NO2. The second kappa shape index (κ2) is 4.70. The lowest BCUT2D eigenvalue weighted by Gasteiger charge is -2.30. The summed E-state index contributed by atoms with van der Waals surface area (Å²) in [5.74, 6) is 0. The van der Waals surface area contributed by atoms with Crippen molar-refractivity contribution in [2.45, 2.75) is 32.0 Å². The van der Waals surface area contributed by atoms with Crippen LogP contribution in [0, 0.1) is 0 Å². The van der Waals surface area contributed by atoms with E-state index in [2.05, 4.69) is 6.92 Å². The molecule has 1 saturated heterocycles. The van der Waals surface area contributed by atoms with Crippen LogP contribution < -0.4 is 5.73 Å². The smallest absolute Gasteiger partial charge is 0.105 e. The van der Waals surface area contributed by atoms with Crippen LogP contribution in [0.4, 0.5) is 0 Å². The maximum absolute atomic E-state index is 5.63. The summed E-state index contributed by atoms with van der Waals surface area (Å²) in [4.78, 5) is 0. The Morgan fingerprint density at radius 2 is 2.36 bits per heavy atom. The molecule has 3 nitrogen and oxygen atoms in total. The largest absolute Gasteiger partial charge is 0.376 e. The molecule has 0 aromatic heterocycles. The second-order valence-corrected chi connectivity index (χ2v) is 2.94. The van der Waals surface area contributed by atoms with E-state index in [-0.39, 0.29) is 6.10 Å². The van der Waals surface area contributed by atoms with Crippen molar-refractivity contribution in [1.82, 2.24) is 0 Å². The van der Waals surface area contributed by atoms with Crippen LogP contribution in [0.5, 0.6) is 0 Å². The highest BCUT2D eigenvalue weighted by Gasteiger charge is 2.22.